The van der Waals surface area contributed by atoms with Gasteiger partial charge in [0, 0.05) is 19.3 Å². The smallest absolute Gasteiger partial charge is 0.306 e. The van der Waals surface area contributed by atoms with Crippen LogP contribution in [0.25, 0.3) is 0 Å². The van der Waals surface area contributed by atoms with Gasteiger partial charge in [-0.1, -0.05) is 285 Å². The van der Waals surface area contributed by atoms with Crippen LogP contribution >= 0.6 is 0 Å². The van der Waals surface area contributed by atoms with Gasteiger partial charge >= 0.3 is 17.9 Å². The van der Waals surface area contributed by atoms with Crippen LogP contribution in [-0.4, -0.2) is 37.2 Å². The van der Waals surface area contributed by atoms with Crippen LogP contribution in [0, 0.1) is 11.8 Å². The lowest BCUT2D eigenvalue weighted by molar-refractivity contribution is -0.167. The van der Waals surface area contributed by atoms with E-state index in [0.717, 1.165) is 69.6 Å². The van der Waals surface area contributed by atoms with E-state index >= 15 is 0 Å². The maximum absolute atomic E-state index is 12.8. The summed E-state index contributed by atoms with van der Waals surface area (Å²) in [6, 6.07) is 0. The molecule has 0 aromatic heterocycles. The molecule has 0 aliphatic heterocycles. The van der Waals surface area contributed by atoms with E-state index in [4.69, 9.17) is 14.2 Å². The maximum atomic E-state index is 12.8. The van der Waals surface area contributed by atoms with Crippen LogP contribution in [0.2, 0.25) is 0 Å². The van der Waals surface area contributed by atoms with E-state index in [0.29, 0.717) is 19.3 Å². The van der Waals surface area contributed by atoms with Gasteiger partial charge in [0.05, 0.1) is 0 Å². The van der Waals surface area contributed by atoms with Crippen LogP contribution in [0.15, 0.2) is 0 Å². The fraction of sp³-hybridized carbons (Fsp3) is 0.948. The van der Waals surface area contributed by atoms with Gasteiger partial charge < -0.3 is 14.2 Å². The molecule has 0 amide bonds. The van der Waals surface area contributed by atoms with Crippen molar-refractivity contribution in [2.75, 3.05) is 13.2 Å². The summed E-state index contributed by atoms with van der Waals surface area (Å²) >= 11 is 0. The molecule has 64 heavy (non-hydrogen) atoms. The summed E-state index contributed by atoms with van der Waals surface area (Å²) in [7, 11) is 0. The van der Waals surface area contributed by atoms with Crippen LogP contribution in [0.5, 0.6) is 0 Å². The quantitative estimate of drug-likeness (QED) is 0.0344. The zero-order valence-electron chi connectivity index (χ0n) is 43.9. The van der Waals surface area contributed by atoms with Crippen molar-refractivity contribution in [3.63, 3.8) is 0 Å². The van der Waals surface area contributed by atoms with Crippen molar-refractivity contribution in [1.82, 2.24) is 0 Å². The molecule has 0 saturated carbocycles. The van der Waals surface area contributed by atoms with Crippen molar-refractivity contribution in [2.24, 2.45) is 11.8 Å². The predicted octanol–water partition coefficient (Wildman–Crippen LogP) is 18.9. The number of ether oxygens (including phenoxy) is 3. The van der Waals surface area contributed by atoms with Gasteiger partial charge in [0.15, 0.2) is 6.10 Å². The Morgan fingerprint density at radius 1 is 0.328 bits per heavy atom. The number of hydrogen-bond donors (Lipinski definition) is 0. The highest BCUT2D eigenvalue weighted by Crippen LogP contribution is 2.18. The number of carbonyl (C=O) groups excluding carboxylic acids is 3. The highest BCUT2D eigenvalue weighted by Gasteiger charge is 2.19. The van der Waals surface area contributed by atoms with Crippen molar-refractivity contribution < 1.29 is 28.6 Å². The molecule has 0 aliphatic carbocycles. The normalized spacial score (nSPS) is 12.5. The zero-order chi connectivity index (χ0) is 46.8. The first-order valence-electron chi connectivity index (χ1n) is 28.8. The van der Waals surface area contributed by atoms with Crippen LogP contribution in [0.4, 0.5) is 0 Å². The van der Waals surface area contributed by atoms with Gasteiger partial charge in [-0.3, -0.25) is 14.4 Å². The molecule has 0 saturated heterocycles. The Morgan fingerprint density at radius 3 is 0.891 bits per heavy atom. The molecular weight excluding hydrogens is 793 g/mol. The average molecular weight is 906 g/mol. The largest absolute Gasteiger partial charge is 0.462 e. The average Bonchev–Trinajstić information content (AvgIpc) is 3.28. The minimum absolute atomic E-state index is 0.0633. The highest BCUT2D eigenvalue weighted by molar-refractivity contribution is 5.71. The Labute approximate surface area is 399 Å². The second-order valence-electron chi connectivity index (χ2n) is 20.6. The number of esters is 3. The Kier molecular flexibility index (Phi) is 49.6. The Morgan fingerprint density at radius 2 is 0.594 bits per heavy atom. The summed E-state index contributed by atoms with van der Waals surface area (Å²) in [5.41, 5.74) is 0. The summed E-state index contributed by atoms with van der Waals surface area (Å²) < 4.78 is 16.9. The summed E-state index contributed by atoms with van der Waals surface area (Å²) in [5.74, 6) is 0.842. The lowest BCUT2D eigenvalue weighted by Crippen LogP contribution is -2.30. The first kappa shape index (κ1) is 62.4. The molecule has 380 valence electrons. The van der Waals surface area contributed by atoms with Gasteiger partial charge in [0.25, 0.3) is 0 Å². The SMILES string of the molecule is CCCCCCCCCCCCCCCCCCCCC(=O)OC[C@@H](COC(=O)CCCCCCCCCCCCCCCC(C)C)OC(=O)CCCCCCCCCCC(C)CC. The number of hydrogen-bond acceptors (Lipinski definition) is 6. The Hall–Kier alpha value is -1.59. The highest BCUT2D eigenvalue weighted by atomic mass is 16.6. The van der Waals surface area contributed by atoms with E-state index < -0.39 is 6.10 Å². The van der Waals surface area contributed by atoms with Crippen LogP contribution < -0.4 is 0 Å². The zero-order valence-corrected chi connectivity index (χ0v) is 43.9. The lowest BCUT2D eigenvalue weighted by atomic mass is 9.99. The number of unbranched alkanes of at least 4 members (excludes halogenated alkanes) is 36. The topological polar surface area (TPSA) is 78.9 Å². The molecule has 0 aliphatic rings. The molecular formula is C58H112O6. The van der Waals surface area contributed by atoms with E-state index in [1.54, 1.807) is 0 Å². The van der Waals surface area contributed by atoms with Crippen LogP contribution in [0.1, 0.15) is 324 Å². The third-order valence-electron chi connectivity index (χ3n) is 13.6. The molecule has 2 atom stereocenters. The first-order valence-corrected chi connectivity index (χ1v) is 28.8. The molecule has 0 fully saturated rings. The summed E-state index contributed by atoms with van der Waals surface area (Å²) in [6.45, 7) is 11.4. The van der Waals surface area contributed by atoms with Gasteiger partial charge in [-0.15, -0.1) is 0 Å². The standard InChI is InChI=1S/C58H112O6/c1-6-8-9-10-11-12-13-14-15-16-17-18-21-24-27-33-38-43-48-56(59)62-51-55(64-58(61)50-45-40-35-30-29-32-37-42-47-54(5)7-2)52-63-57(60)49-44-39-34-28-25-22-19-20-23-26-31-36-41-46-53(3)4/h53-55H,6-52H2,1-5H3/t54?,55-/m0/s1. The fourth-order valence-corrected chi connectivity index (χ4v) is 8.84. The Balaban J connectivity index is 4.27. The molecule has 6 nitrogen and oxygen atoms in total. The first-order chi connectivity index (χ1) is 31.3. The van der Waals surface area contributed by atoms with E-state index in [1.807, 2.05) is 0 Å². The number of carbonyl (C=O) groups is 3. The summed E-state index contributed by atoms with van der Waals surface area (Å²) in [5, 5.41) is 0. The second-order valence-corrected chi connectivity index (χ2v) is 20.6. The monoisotopic (exact) mass is 905 g/mol. The third kappa shape index (κ3) is 49.8. The maximum Gasteiger partial charge on any atom is 0.306 e. The summed E-state index contributed by atoms with van der Waals surface area (Å²) in [4.78, 5) is 38.1. The van der Waals surface area contributed by atoms with Gasteiger partial charge in [-0.25, -0.2) is 0 Å². The molecule has 6 heteroatoms. The molecule has 0 aromatic carbocycles. The van der Waals surface area contributed by atoms with E-state index in [2.05, 4.69) is 34.6 Å². The van der Waals surface area contributed by atoms with Crippen LogP contribution in [-0.2, 0) is 28.6 Å². The van der Waals surface area contributed by atoms with Crippen molar-refractivity contribution in [1.29, 1.82) is 0 Å². The van der Waals surface area contributed by atoms with Gasteiger partial charge in [0.2, 0.25) is 0 Å². The minimum atomic E-state index is -0.763. The number of rotatable bonds is 52. The molecule has 0 heterocycles. The van der Waals surface area contributed by atoms with Gasteiger partial charge in [0.1, 0.15) is 13.2 Å². The molecule has 0 N–H and O–H groups in total. The molecule has 1 unspecified atom stereocenters. The minimum Gasteiger partial charge on any atom is -0.462 e. The molecule has 0 rings (SSSR count). The Bertz CT molecular complexity index is 980. The van der Waals surface area contributed by atoms with Crippen molar-refractivity contribution in [3.05, 3.63) is 0 Å². The second kappa shape index (κ2) is 50.8. The van der Waals surface area contributed by atoms with E-state index in [9.17, 15) is 14.4 Å². The summed E-state index contributed by atoms with van der Waals surface area (Å²) in [6.07, 6.45) is 53.8. The van der Waals surface area contributed by atoms with Crippen molar-refractivity contribution in [3.8, 4) is 0 Å². The van der Waals surface area contributed by atoms with Gasteiger partial charge in [-0.2, -0.15) is 0 Å². The molecule has 0 aromatic rings. The fourth-order valence-electron chi connectivity index (χ4n) is 8.84. The molecule has 0 bridgehead atoms. The molecule has 0 radical (unpaired) electrons. The van der Waals surface area contributed by atoms with E-state index in [1.165, 1.54) is 212 Å². The predicted molar refractivity (Wildman–Crippen MR) is 275 cm³/mol. The van der Waals surface area contributed by atoms with Crippen molar-refractivity contribution >= 4 is 17.9 Å². The van der Waals surface area contributed by atoms with E-state index in [-0.39, 0.29) is 31.1 Å². The van der Waals surface area contributed by atoms with Gasteiger partial charge in [-0.05, 0) is 31.1 Å². The molecule has 0 spiro atoms. The van der Waals surface area contributed by atoms with Crippen molar-refractivity contribution in [2.45, 2.75) is 330 Å². The third-order valence-corrected chi connectivity index (χ3v) is 13.6. The van der Waals surface area contributed by atoms with Crippen LogP contribution in [0.3, 0.4) is 0 Å². The lowest BCUT2D eigenvalue weighted by Gasteiger charge is -2.18.